The molecule has 1 amide bonds. The van der Waals surface area contributed by atoms with Gasteiger partial charge < -0.3 is 4.74 Å². The smallest absolute Gasteiger partial charge is 0.265 e. The quantitative estimate of drug-likeness (QED) is 0.278. The lowest BCUT2D eigenvalue weighted by Crippen LogP contribution is -2.55. The molecule has 0 saturated heterocycles. The topological polar surface area (TPSA) is 29.5 Å². The van der Waals surface area contributed by atoms with Crippen molar-refractivity contribution in [2.45, 2.75) is 29.2 Å². The number of carbonyl (C=O) groups excluding carboxylic acids is 1. The van der Waals surface area contributed by atoms with Crippen molar-refractivity contribution in [3.05, 3.63) is 137 Å². The first kappa shape index (κ1) is 23.0. The highest BCUT2D eigenvalue weighted by molar-refractivity contribution is 7.99. The molecule has 2 atom stereocenters. The molecule has 178 valence electrons. The summed E-state index contributed by atoms with van der Waals surface area (Å²) in [4.78, 5) is 17.4. The zero-order valence-electron chi connectivity index (χ0n) is 19.7. The SMILES string of the molecule is CC1=C(c2ccccc2)C(=O)N2c3ccccc3SC(c3ccccc3Cl)CC2(c2ccccc2)O1. The van der Waals surface area contributed by atoms with Gasteiger partial charge in [0.05, 0.1) is 11.3 Å². The second kappa shape index (κ2) is 9.20. The molecule has 0 aliphatic carbocycles. The molecule has 0 saturated carbocycles. The zero-order valence-corrected chi connectivity index (χ0v) is 21.3. The van der Waals surface area contributed by atoms with Crippen molar-refractivity contribution in [3.63, 3.8) is 0 Å². The summed E-state index contributed by atoms with van der Waals surface area (Å²) in [6.07, 6.45) is 0.533. The number of carbonyl (C=O) groups is 1. The summed E-state index contributed by atoms with van der Waals surface area (Å²) >= 11 is 8.45. The first-order valence-electron chi connectivity index (χ1n) is 11.9. The van der Waals surface area contributed by atoms with Crippen LogP contribution >= 0.6 is 23.4 Å². The van der Waals surface area contributed by atoms with Crippen LogP contribution in [0.2, 0.25) is 5.02 Å². The van der Waals surface area contributed by atoms with Gasteiger partial charge in [-0.1, -0.05) is 103 Å². The van der Waals surface area contributed by atoms with Gasteiger partial charge in [-0.25, -0.2) is 0 Å². The molecule has 6 rings (SSSR count). The lowest BCUT2D eigenvalue weighted by molar-refractivity contribution is -0.123. The lowest BCUT2D eigenvalue weighted by Gasteiger charge is -2.47. The molecule has 0 radical (unpaired) electrons. The van der Waals surface area contributed by atoms with E-state index < -0.39 is 5.72 Å². The van der Waals surface area contributed by atoms with Crippen molar-refractivity contribution >= 4 is 40.5 Å². The fourth-order valence-corrected chi connectivity index (χ4v) is 6.96. The van der Waals surface area contributed by atoms with E-state index in [9.17, 15) is 4.79 Å². The minimum Gasteiger partial charge on any atom is -0.467 e. The number of nitrogens with zero attached hydrogens (tertiary/aromatic N) is 1. The number of anilines is 1. The molecule has 0 bridgehead atoms. The van der Waals surface area contributed by atoms with E-state index in [1.54, 1.807) is 11.8 Å². The van der Waals surface area contributed by atoms with Crippen LogP contribution in [0.25, 0.3) is 5.57 Å². The highest BCUT2D eigenvalue weighted by atomic mass is 35.5. The molecule has 36 heavy (non-hydrogen) atoms. The summed E-state index contributed by atoms with van der Waals surface area (Å²) in [6.45, 7) is 1.90. The van der Waals surface area contributed by atoms with E-state index in [1.165, 1.54) is 0 Å². The minimum atomic E-state index is -1.04. The third-order valence-corrected chi connectivity index (χ3v) is 8.48. The van der Waals surface area contributed by atoms with Crippen LogP contribution in [0.15, 0.2) is 120 Å². The molecule has 5 heteroatoms. The van der Waals surface area contributed by atoms with E-state index in [2.05, 4.69) is 12.1 Å². The van der Waals surface area contributed by atoms with Crippen LogP contribution in [-0.4, -0.2) is 5.91 Å². The summed E-state index contributed by atoms with van der Waals surface area (Å²) in [5.41, 5.74) is 3.19. The average Bonchev–Trinajstić information content (AvgIpc) is 3.05. The predicted molar refractivity (Wildman–Crippen MR) is 147 cm³/mol. The Hall–Kier alpha value is -3.47. The number of rotatable bonds is 3. The molecule has 2 aliphatic rings. The zero-order chi connectivity index (χ0) is 24.7. The molecule has 3 nitrogen and oxygen atoms in total. The Labute approximate surface area is 220 Å². The highest BCUT2D eigenvalue weighted by Gasteiger charge is 2.53. The molecule has 4 aromatic carbocycles. The van der Waals surface area contributed by atoms with Crippen LogP contribution in [0, 0.1) is 0 Å². The number of halogens is 1. The van der Waals surface area contributed by atoms with E-state index in [1.807, 2.05) is 109 Å². The van der Waals surface area contributed by atoms with Gasteiger partial charge in [0, 0.05) is 27.2 Å². The van der Waals surface area contributed by atoms with E-state index in [4.69, 9.17) is 16.3 Å². The molecular formula is C31H24ClNO2S. The number of ether oxygens (including phenoxy) is 1. The van der Waals surface area contributed by atoms with E-state index >= 15 is 0 Å². The van der Waals surface area contributed by atoms with Gasteiger partial charge in [0.15, 0.2) is 0 Å². The maximum absolute atomic E-state index is 14.5. The monoisotopic (exact) mass is 509 g/mol. The summed E-state index contributed by atoms with van der Waals surface area (Å²) in [5, 5.41) is 0.674. The number of allylic oxidation sites excluding steroid dienone is 1. The number of amides is 1. The summed E-state index contributed by atoms with van der Waals surface area (Å²) < 4.78 is 6.96. The van der Waals surface area contributed by atoms with Gasteiger partial charge in [-0.15, -0.1) is 11.8 Å². The van der Waals surface area contributed by atoms with Gasteiger partial charge in [0.25, 0.3) is 5.91 Å². The van der Waals surface area contributed by atoms with E-state index in [-0.39, 0.29) is 11.2 Å². The summed E-state index contributed by atoms with van der Waals surface area (Å²) in [6, 6.07) is 35.9. The van der Waals surface area contributed by atoms with Crippen molar-refractivity contribution in [2.75, 3.05) is 4.90 Å². The summed E-state index contributed by atoms with van der Waals surface area (Å²) in [5.74, 6) is 0.551. The Morgan fingerprint density at radius 3 is 2.25 bits per heavy atom. The molecule has 2 heterocycles. The van der Waals surface area contributed by atoms with Crippen LogP contribution in [0.3, 0.4) is 0 Å². The number of thioether (sulfide) groups is 1. The van der Waals surface area contributed by atoms with Crippen molar-refractivity contribution < 1.29 is 9.53 Å². The van der Waals surface area contributed by atoms with Gasteiger partial charge in [0.2, 0.25) is 5.72 Å². The second-order valence-electron chi connectivity index (χ2n) is 8.99. The van der Waals surface area contributed by atoms with Gasteiger partial charge in [-0.3, -0.25) is 9.69 Å². The molecule has 0 N–H and O–H groups in total. The van der Waals surface area contributed by atoms with Crippen molar-refractivity contribution in [2.24, 2.45) is 0 Å². The number of hydrogen-bond acceptors (Lipinski definition) is 3. The Balaban J connectivity index is 1.63. The molecule has 0 fully saturated rings. The highest BCUT2D eigenvalue weighted by Crippen LogP contribution is 2.57. The number of benzene rings is 4. The van der Waals surface area contributed by atoms with Gasteiger partial charge in [-0.2, -0.15) is 0 Å². The van der Waals surface area contributed by atoms with Gasteiger partial charge in [0.1, 0.15) is 5.76 Å². The van der Waals surface area contributed by atoms with Gasteiger partial charge in [-0.05, 0) is 36.2 Å². The summed E-state index contributed by atoms with van der Waals surface area (Å²) in [7, 11) is 0. The number of fused-ring (bicyclic) bond motifs is 3. The fraction of sp³-hybridized carbons (Fsp3) is 0.129. The Morgan fingerprint density at radius 1 is 0.861 bits per heavy atom. The molecule has 2 aliphatic heterocycles. The molecule has 0 spiro atoms. The van der Waals surface area contributed by atoms with Gasteiger partial charge >= 0.3 is 0 Å². The second-order valence-corrected chi connectivity index (χ2v) is 10.6. The average molecular weight is 510 g/mol. The van der Waals surface area contributed by atoms with Crippen LogP contribution < -0.4 is 4.90 Å². The first-order valence-corrected chi connectivity index (χ1v) is 13.2. The largest absolute Gasteiger partial charge is 0.467 e. The fourth-order valence-electron chi connectivity index (χ4n) is 5.25. The maximum atomic E-state index is 14.5. The molecule has 0 aromatic heterocycles. The standard InChI is InChI=1S/C31H24ClNO2S/c1-21-29(22-12-4-2-5-13-22)30(34)33-26-18-10-11-19-27(26)36-28(24-16-8-9-17-25(24)32)20-31(33,35-21)23-14-6-3-7-15-23/h2-19,28H,20H2,1H3. The molecule has 2 unspecified atom stereocenters. The van der Waals surface area contributed by atoms with Crippen molar-refractivity contribution in [3.8, 4) is 0 Å². The van der Waals surface area contributed by atoms with Crippen LogP contribution in [-0.2, 0) is 15.3 Å². The molecule has 4 aromatic rings. The maximum Gasteiger partial charge on any atom is 0.265 e. The van der Waals surface area contributed by atoms with Crippen LogP contribution in [0.1, 0.15) is 35.3 Å². The number of hydrogen-bond donors (Lipinski definition) is 0. The van der Waals surface area contributed by atoms with E-state index in [0.717, 1.165) is 27.3 Å². The lowest BCUT2D eigenvalue weighted by atomic mass is 9.89. The van der Waals surface area contributed by atoms with Crippen molar-refractivity contribution in [1.82, 2.24) is 0 Å². The van der Waals surface area contributed by atoms with Crippen LogP contribution in [0.4, 0.5) is 5.69 Å². The Morgan fingerprint density at radius 2 is 1.50 bits per heavy atom. The Bertz CT molecular complexity index is 1470. The molecular weight excluding hydrogens is 486 g/mol. The Kier molecular flexibility index (Phi) is 5.87. The van der Waals surface area contributed by atoms with E-state index in [0.29, 0.717) is 22.8 Å². The predicted octanol–water partition coefficient (Wildman–Crippen LogP) is 8.22. The normalized spacial score (nSPS) is 21.3. The number of para-hydroxylation sites is 1. The minimum absolute atomic E-state index is 0.0380. The first-order chi connectivity index (χ1) is 17.6. The van der Waals surface area contributed by atoms with Crippen molar-refractivity contribution in [1.29, 1.82) is 0 Å². The third-order valence-electron chi connectivity index (χ3n) is 6.83. The third kappa shape index (κ3) is 3.73. The van der Waals surface area contributed by atoms with Crippen LogP contribution in [0.5, 0.6) is 0 Å².